The number of ether oxygens (including phenoxy) is 1. The summed E-state index contributed by atoms with van der Waals surface area (Å²) >= 11 is 0. The lowest BCUT2D eigenvalue weighted by atomic mass is 9.87. The van der Waals surface area contributed by atoms with Crippen molar-refractivity contribution in [2.45, 2.75) is 25.0 Å². The van der Waals surface area contributed by atoms with Gasteiger partial charge in [0.1, 0.15) is 6.09 Å². The number of carboxylic acid groups (broad SMARTS) is 1. The van der Waals surface area contributed by atoms with Crippen molar-refractivity contribution in [2.24, 2.45) is 0 Å². The highest BCUT2D eigenvalue weighted by atomic mass is 16.5. The van der Waals surface area contributed by atoms with E-state index in [1.54, 1.807) is 6.07 Å². The van der Waals surface area contributed by atoms with E-state index in [0.29, 0.717) is 18.5 Å². The first kappa shape index (κ1) is 17.0. The molecule has 1 heterocycles. The summed E-state index contributed by atoms with van der Waals surface area (Å²) in [6, 6.07) is 19.4. The van der Waals surface area contributed by atoms with E-state index >= 15 is 0 Å². The van der Waals surface area contributed by atoms with Gasteiger partial charge in [0, 0.05) is 19.0 Å². The lowest BCUT2D eigenvalue weighted by molar-refractivity contribution is -0.268. The number of rotatable bonds is 4. The number of likely N-dealkylation sites (tertiary alicyclic amines) is 1. The minimum Gasteiger partial charge on any atom is -0.530 e. The fourth-order valence-corrected chi connectivity index (χ4v) is 3.28. The van der Waals surface area contributed by atoms with Crippen LogP contribution in [0.2, 0.25) is 0 Å². The van der Waals surface area contributed by atoms with Crippen LogP contribution < -0.4 is 5.11 Å². The molecule has 0 radical (unpaired) electrons. The topological polar surface area (TPSA) is 76.4 Å². The Morgan fingerprint density at radius 2 is 1.92 bits per heavy atom. The summed E-state index contributed by atoms with van der Waals surface area (Å²) in [5.41, 5.74) is 2.52. The molecule has 0 aromatic heterocycles. The van der Waals surface area contributed by atoms with Crippen molar-refractivity contribution in [2.75, 3.05) is 13.1 Å². The Balaban J connectivity index is 1.78. The van der Waals surface area contributed by atoms with E-state index in [1.165, 1.54) is 4.90 Å². The quantitative estimate of drug-likeness (QED) is 0.859. The van der Waals surface area contributed by atoms with Gasteiger partial charge in [-0.05, 0) is 23.6 Å². The van der Waals surface area contributed by atoms with Crippen LogP contribution in [0.4, 0.5) is 4.79 Å². The fourth-order valence-electron chi connectivity index (χ4n) is 3.28. The molecule has 0 aliphatic carbocycles. The molecular weight excluding hydrogens is 316 g/mol. The number of amides is 1. The Kier molecular flexibility index (Phi) is 5.32. The standard InChI is InChI=1S/C20H20N2O3/c21-12-16-8-4-5-9-17(16)14-25-19-13-22(20(23)24)11-10-18(19)15-6-2-1-3-7-15/h1-9,18-19H,10-11,13-14H2,(H,23,24)/p-1. The minimum absolute atomic E-state index is 0.117. The highest BCUT2D eigenvalue weighted by Gasteiger charge is 2.31. The average molecular weight is 335 g/mol. The van der Waals surface area contributed by atoms with E-state index in [2.05, 4.69) is 6.07 Å². The number of piperidine rings is 1. The summed E-state index contributed by atoms with van der Waals surface area (Å²) in [6.45, 7) is 0.992. The summed E-state index contributed by atoms with van der Waals surface area (Å²) in [4.78, 5) is 12.5. The zero-order valence-corrected chi connectivity index (χ0v) is 13.8. The van der Waals surface area contributed by atoms with E-state index in [9.17, 15) is 15.2 Å². The minimum atomic E-state index is -1.17. The Bertz CT molecular complexity index is 770. The number of carbonyl (C=O) groups is 1. The molecule has 128 valence electrons. The van der Waals surface area contributed by atoms with Crippen LogP contribution in [0, 0.1) is 11.3 Å². The summed E-state index contributed by atoms with van der Waals surface area (Å²) in [5, 5.41) is 20.4. The second-order valence-electron chi connectivity index (χ2n) is 6.14. The predicted octanol–water partition coefficient (Wildman–Crippen LogP) is 2.28. The van der Waals surface area contributed by atoms with E-state index < -0.39 is 6.09 Å². The highest BCUT2D eigenvalue weighted by molar-refractivity contribution is 5.62. The Morgan fingerprint density at radius 3 is 2.64 bits per heavy atom. The molecule has 1 amide bonds. The van der Waals surface area contributed by atoms with Crippen LogP contribution in [0.25, 0.3) is 0 Å². The normalized spacial score (nSPS) is 20.0. The number of carbonyl (C=O) groups excluding carboxylic acids is 1. The van der Waals surface area contributed by atoms with Gasteiger partial charge in [-0.25, -0.2) is 0 Å². The summed E-state index contributed by atoms with van der Waals surface area (Å²) < 4.78 is 6.08. The second-order valence-corrected chi connectivity index (χ2v) is 6.14. The smallest absolute Gasteiger partial charge is 0.137 e. The summed E-state index contributed by atoms with van der Waals surface area (Å²) in [5.74, 6) is 0.117. The van der Waals surface area contributed by atoms with Gasteiger partial charge in [-0.1, -0.05) is 48.5 Å². The van der Waals surface area contributed by atoms with Crippen molar-refractivity contribution >= 4 is 6.09 Å². The van der Waals surface area contributed by atoms with E-state index in [0.717, 1.165) is 11.1 Å². The van der Waals surface area contributed by atoms with Gasteiger partial charge >= 0.3 is 0 Å². The maximum atomic E-state index is 11.2. The van der Waals surface area contributed by atoms with E-state index in [-0.39, 0.29) is 25.2 Å². The molecule has 25 heavy (non-hydrogen) atoms. The van der Waals surface area contributed by atoms with Crippen LogP contribution in [0.5, 0.6) is 0 Å². The molecule has 0 saturated carbocycles. The third-order valence-corrected chi connectivity index (χ3v) is 4.64. The molecule has 1 aliphatic heterocycles. The summed E-state index contributed by atoms with van der Waals surface area (Å²) in [7, 11) is 0. The van der Waals surface area contributed by atoms with Gasteiger partial charge < -0.3 is 19.5 Å². The number of nitriles is 1. The van der Waals surface area contributed by atoms with Gasteiger partial charge in [0.25, 0.3) is 0 Å². The third-order valence-electron chi connectivity index (χ3n) is 4.64. The van der Waals surface area contributed by atoms with Crippen molar-refractivity contribution in [3.63, 3.8) is 0 Å². The van der Waals surface area contributed by atoms with Crippen LogP contribution in [-0.4, -0.2) is 30.2 Å². The van der Waals surface area contributed by atoms with Crippen LogP contribution in [-0.2, 0) is 11.3 Å². The number of benzene rings is 2. The molecule has 1 saturated heterocycles. The third kappa shape index (κ3) is 3.98. The molecule has 3 rings (SSSR count). The lowest BCUT2D eigenvalue weighted by Crippen LogP contribution is -2.51. The number of hydrogen-bond acceptors (Lipinski definition) is 4. The van der Waals surface area contributed by atoms with Gasteiger partial charge in [-0.2, -0.15) is 5.26 Å². The van der Waals surface area contributed by atoms with Crippen LogP contribution in [0.15, 0.2) is 54.6 Å². The highest BCUT2D eigenvalue weighted by Crippen LogP contribution is 2.31. The van der Waals surface area contributed by atoms with Crippen LogP contribution in [0.1, 0.15) is 29.0 Å². The summed E-state index contributed by atoms with van der Waals surface area (Å²) in [6.07, 6.45) is -0.763. The first-order chi connectivity index (χ1) is 12.2. The van der Waals surface area contributed by atoms with Crippen molar-refractivity contribution in [3.05, 3.63) is 71.3 Å². The van der Waals surface area contributed by atoms with Crippen LogP contribution in [0.3, 0.4) is 0 Å². The molecule has 1 aliphatic rings. The zero-order chi connectivity index (χ0) is 17.6. The molecule has 2 aromatic rings. The lowest BCUT2D eigenvalue weighted by Gasteiger charge is -2.40. The molecule has 1 fully saturated rings. The Labute approximate surface area is 147 Å². The number of hydrogen-bond donors (Lipinski definition) is 0. The molecule has 2 unspecified atom stereocenters. The molecule has 0 spiro atoms. The van der Waals surface area contributed by atoms with Gasteiger partial charge in [0.2, 0.25) is 0 Å². The SMILES string of the molecule is N#Cc1ccccc1COC1CN(C(=O)[O-])CCC1c1ccccc1. The largest absolute Gasteiger partial charge is 0.530 e. The first-order valence-corrected chi connectivity index (χ1v) is 8.29. The van der Waals surface area contributed by atoms with Crippen molar-refractivity contribution < 1.29 is 14.6 Å². The zero-order valence-electron chi connectivity index (χ0n) is 13.8. The maximum Gasteiger partial charge on any atom is 0.137 e. The monoisotopic (exact) mass is 335 g/mol. The number of nitrogens with zero attached hydrogens (tertiary/aromatic N) is 2. The van der Waals surface area contributed by atoms with Crippen molar-refractivity contribution in [1.29, 1.82) is 5.26 Å². The first-order valence-electron chi connectivity index (χ1n) is 8.29. The molecule has 5 heteroatoms. The van der Waals surface area contributed by atoms with E-state index in [1.807, 2.05) is 48.5 Å². The molecule has 2 atom stereocenters. The van der Waals surface area contributed by atoms with E-state index in [4.69, 9.17) is 4.74 Å². The van der Waals surface area contributed by atoms with Gasteiger partial charge in [-0.3, -0.25) is 0 Å². The molecule has 5 nitrogen and oxygen atoms in total. The van der Waals surface area contributed by atoms with Gasteiger partial charge in [0.05, 0.1) is 24.3 Å². The Morgan fingerprint density at radius 1 is 1.20 bits per heavy atom. The molecule has 0 bridgehead atoms. The maximum absolute atomic E-state index is 11.2. The molecule has 2 aromatic carbocycles. The fraction of sp³-hybridized carbons (Fsp3) is 0.300. The molecule has 0 N–H and O–H groups in total. The second kappa shape index (κ2) is 7.82. The van der Waals surface area contributed by atoms with Crippen molar-refractivity contribution in [3.8, 4) is 6.07 Å². The van der Waals surface area contributed by atoms with Crippen molar-refractivity contribution in [1.82, 2.24) is 4.90 Å². The van der Waals surface area contributed by atoms with Gasteiger partial charge in [0.15, 0.2) is 0 Å². The van der Waals surface area contributed by atoms with Gasteiger partial charge in [-0.15, -0.1) is 0 Å². The predicted molar refractivity (Wildman–Crippen MR) is 90.5 cm³/mol. The Hall–Kier alpha value is -2.84. The average Bonchev–Trinajstić information content (AvgIpc) is 2.67. The van der Waals surface area contributed by atoms with Crippen LogP contribution >= 0.6 is 0 Å². The molecular formula is C20H19N2O3-.